The Bertz CT molecular complexity index is 1050. The summed E-state index contributed by atoms with van der Waals surface area (Å²) in [6, 6.07) is 4.31. The lowest BCUT2D eigenvalue weighted by atomic mass is 9.82. The van der Waals surface area contributed by atoms with E-state index in [1.165, 1.54) is 11.1 Å². The summed E-state index contributed by atoms with van der Waals surface area (Å²) in [5.41, 5.74) is 13.0. The highest BCUT2D eigenvalue weighted by atomic mass is 16.3. The molecule has 0 saturated carbocycles. The first-order valence-corrected chi connectivity index (χ1v) is 10.8. The van der Waals surface area contributed by atoms with Crippen molar-refractivity contribution in [3.05, 3.63) is 63.5 Å². The van der Waals surface area contributed by atoms with Crippen molar-refractivity contribution >= 4 is 23.6 Å². The van der Waals surface area contributed by atoms with Crippen LogP contribution in [0.2, 0.25) is 0 Å². The molecule has 0 bridgehead atoms. The number of hydrogen-bond acceptors (Lipinski definition) is 3. The molecule has 0 saturated heterocycles. The van der Waals surface area contributed by atoms with Crippen molar-refractivity contribution in [2.24, 2.45) is 11.8 Å². The summed E-state index contributed by atoms with van der Waals surface area (Å²) in [6.45, 7) is 13.1. The smallest absolute Gasteiger partial charge is 0.198 e. The van der Waals surface area contributed by atoms with Crippen LogP contribution in [0.1, 0.15) is 77.1 Å². The number of rotatable bonds is 6. The van der Waals surface area contributed by atoms with Crippen LogP contribution in [-0.4, -0.2) is 4.98 Å². The second kappa shape index (κ2) is 8.86. The average Bonchev–Trinajstić information content (AvgIpc) is 3.00. The fraction of sp³-hybridized carbons (Fsp3) is 0.423. The summed E-state index contributed by atoms with van der Waals surface area (Å²) in [5.74, 6) is 1.64. The van der Waals surface area contributed by atoms with Crippen molar-refractivity contribution in [1.29, 1.82) is 0 Å². The van der Waals surface area contributed by atoms with Gasteiger partial charge in [0.25, 0.3) is 0 Å². The maximum atomic E-state index is 6.32. The number of pyridine rings is 1. The second-order valence-corrected chi connectivity index (χ2v) is 8.62. The number of anilines is 1. The maximum absolute atomic E-state index is 6.32. The molecule has 0 radical (unpaired) electrons. The number of furan rings is 1. The molecule has 3 rings (SSSR count). The Labute approximate surface area is 174 Å². The molecule has 1 aliphatic carbocycles. The van der Waals surface area contributed by atoms with Gasteiger partial charge in [-0.3, -0.25) is 4.98 Å². The van der Waals surface area contributed by atoms with Crippen molar-refractivity contribution in [2.45, 2.75) is 60.3 Å². The first-order chi connectivity index (χ1) is 13.8. The van der Waals surface area contributed by atoms with E-state index in [9.17, 15) is 0 Å². The van der Waals surface area contributed by atoms with Gasteiger partial charge in [-0.25, -0.2) is 0 Å². The fourth-order valence-electron chi connectivity index (χ4n) is 3.98. The van der Waals surface area contributed by atoms with Gasteiger partial charge in [-0.2, -0.15) is 0 Å². The molecule has 2 N–H and O–H groups in total. The van der Waals surface area contributed by atoms with E-state index in [-0.39, 0.29) is 5.92 Å². The molecule has 0 aromatic carbocycles. The number of hydrogen-bond donors (Lipinski definition) is 1. The molecule has 29 heavy (non-hydrogen) atoms. The molecule has 0 spiro atoms. The van der Waals surface area contributed by atoms with Gasteiger partial charge in [0.1, 0.15) is 5.42 Å². The molecule has 2 aromatic heterocycles. The van der Waals surface area contributed by atoms with Gasteiger partial charge in [-0.15, -0.1) is 0 Å². The zero-order valence-corrected chi connectivity index (χ0v) is 18.6. The summed E-state index contributed by atoms with van der Waals surface area (Å²) >= 11 is 0. The molecule has 0 fully saturated rings. The van der Waals surface area contributed by atoms with Crippen LogP contribution < -0.4 is 16.4 Å². The van der Waals surface area contributed by atoms with Crippen molar-refractivity contribution < 1.29 is 4.42 Å². The summed E-state index contributed by atoms with van der Waals surface area (Å²) in [5, 5.41) is 1.10. The number of allylic oxidation sites excluding steroid dienone is 3. The molecule has 1 unspecified atom stereocenters. The van der Waals surface area contributed by atoms with Gasteiger partial charge in [0.2, 0.25) is 0 Å². The number of nitrogen functional groups attached to an aromatic ring is 1. The Balaban J connectivity index is 2.31. The zero-order chi connectivity index (χ0) is 21.1. The van der Waals surface area contributed by atoms with Crippen LogP contribution in [0.25, 0.3) is 17.7 Å². The number of nitrogens with zero attached hydrogens (tertiary/aromatic N) is 1. The second-order valence-electron chi connectivity index (χ2n) is 8.62. The van der Waals surface area contributed by atoms with E-state index in [0.717, 1.165) is 40.3 Å². The van der Waals surface area contributed by atoms with Gasteiger partial charge in [-0.1, -0.05) is 64.5 Å². The fourth-order valence-corrected chi connectivity index (χ4v) is 3.98. The third-order valence-corrected chi connectivity index (χ3v) is 5.61. The van der Waals surface area contributed by atoms with Crippen molar-refractivity contribution in [2.75, 3.05) is 5.73 Å². The summed E-state index contributed by atoms with van der Waals surface area (Å²) in [4.78, 5) is 4.75. The van der Waals surface area contributed by atoms with E-state index in [1.807, 2.05) is 6.20 Å². The van der Waals surface area contributed by atoms with E-state index in [0.29, 0.717) is 17.7 Å². The summed E-state index contributed by atoms with van der Waals surface area (Å²) in [7, 11) is 0. The lowest BCUT2D eigenvalue weighted by molar-refractivity contribution is 0.537. The highest BCUT2D eigenvalue weighted by molar-refractivity contribution is 5.73. The molecule has 2 aromatic rings. The minimum atomic E-state index is 0.254. The quantitative estimate of drug-likeness (QED) is 0.671. The molecule has 1 aliphatic rings. The highest BCUT2D eigenvalue weighted by Gasteiger charge is 2.26. The van der Waals surface area contributed by atoms with Gasteiger partial charge >= 0.3 is 0 Å². The number of nitrogens with two attached hydrogens (primary N) is 1. The lowest BCUT2D eigenvalue weighted by Gasteiger charge is -2.22. The van der Waals surface area contributed by atoms with E-state index in [1.54, 1.807) is 0 Å². The molecule has 3 nitrogen and oxygen atoms in total. The summed E-state index contributed by atoms with van der Waals surface area (Å²) < 4.78 is 6.19. The Morgan fingerprint density at radius 1 is 1.31 bits per heavy atom. The average molecular weight is 391 g/mol. The minimum absolute atomic E-state index is 0.254. The Morgan fingerprint density at radius 2 is 2.07 bits per heavy atom. The Hall–Kier alpha value is -2.55. The summed E-state index contributed by atoms with van der Waals surface area (Å²) in [6.07, 6.45) is 12.7. The SMILES string of the molecule is CCC=C(C)C1CC=c2c(/C=C\C(C)C)c(N)oc2=C1c1cc(C(C)C)ccn1. The van der Waals surface area contributed by atoms with Crippen LogP contribution in [0.15, 0.2) is 40.5 Å². The first kappa shape index (κ1) is 21.2. The molecular weight excluding hydrogens is 356 g/mol. The molecule has 0 aliphatic heterocycles. The van der Waals surface area contributed by atoms with Crippen LogP contribution in [0.3, 0.4) is 0 Å². The van der Waals surface area contributed by atoms with E-state index < -0.39 is 0 Å². The Kier molecular flexibility index (Phi) is 6.46. The third kappa shape index (κ3) is 4.39. The maximum Gasteiger partial charge on any atom is 0.198 e. The van der Waals surface area contributed by atoms with Gasteiger partial charge < -0.3 is 10.2 Å². The van der Waals surface area contributed by atoms with E-state index in [4.69, 9.17) is 15.1 Å². The van der Waals surface area contributed by atoms with Crippen molar-refractivity contribution in [1.82, 2.24) is 4.98 Å². The molecule has 0 amide bonds. The van der Waals surface area contributed by atoms with Gasteiger partial charge in [0.05, 0.1) is 5.69 Å². The zero-order valence-electron chi connectivity index (χ0n) is 18.6. The predicted molar refractivity (Wildman–Crippen MR) is 124 cm³/mol. The predicted octanol–water partition coefficient (Wildman–Crippen LogP) is 5.41. The topological polar surface area (TPSA) is 52.0 Å². The van der Waals surface area contributed by atoms with Crippen molar-refractivity contribution in [3.8, 4) is 0 Å². The molecule has 3 heteroatoms. The van der Waals surface area contributed by atoms with Crippen LogP contribution >= 0.6 is 0 Å². The standard InChI is InChI=1S/C26H34N2O/c1-7-8-18(6)20-11-12-21-22(10-9-16(2)3)26(27)29-25(21)24(20)23-15-19(17(4)5)13-14-28-23/h8-10,12-17,20H,7,11,27H2,1-6H3/b10-9-,18-8?. The lowest BCUT2D eigenvalue weighted by Crippen LogP contribution is -2.32. The van der Waals surface area contributed by atoms with Crippen molar-refractivity contribution in [3.63, 3.8) is 0 Å². The van der Waals surface area contributed by atoms with Crippen LogP contribution in [0.5, 0.6) is 0 Å². The minimum Gasteiger partial charge on any atom is -0.440 e. The normalized spacial score (nSPS) is 17.3. The van der Waals surface area contributed by atoms with Gasteiger partial charge in [-0.05, 0) is 49.3 Å². The van der Waals surface area contributed by atoms with Gasteiger partial charge in [0.15, 0.2) is 5.88 Å². The third-order valence-electron chi connectivity index (χ3n) is 5.61. The van der Waals surface area contributed by atoms with Crippen LogP contribution in [0, 0.1) is 11.8 Å². The Morgan fingerprint density at radius 3 is 2.72 bits per heavy atom. The number of fused-ring (bicyclic) bond motifs is 1. The molecule has 2 heterocycles. The highest BCUT2D eigenvalue weighted by Crippen LogP contribution is 2.32. The largest absolute Gasteiger partial charge is 0.440 e. The van der Waals surface area contributed by atoms with Gasteiger partial charge in [0, 0.05) is 28.5 Å². The molecule has 1 atom stereocenters. The molecular formula is C26H34N2O. The van der Waals surface area contributed by atoms with E-state index in [2.05, 4.69) is 78.0 Å². The van der Waals surface area contributed by atoms with Crippen LogP contribution in [-0.2, 0) is 0 Å². The van der Waals surface area contributed by atoms with Crippen LogP contribution in [0.4, 0.5) is 5.88 Å². The first-order valence-electron chi connectivity index (χ1n) is 10.8. The number of aromatic nitrogens is 1. The van der Waals surface area contributed by atoms with E-state index >= 15 is 0 Å². The molecule has 154 valence electrons. The monoisotopic (exact) mass is 390 g/mol.